The van der Waals surface area contributed by atoms with Crippen molar-refractivity contribution in [2.24, 2.45) is 0 Å². The number of amides is 1. The highest BCUT2D eigenvalue weighted by molar-refractivity contribution is 7.99. The first kappa shape index (κ1) is 18.1. The Morgan fingerprint density at radius 3 is 2.11 bits per heavy atom. The number of nitrogens with zero attached hydrogens (tertiary/aromatic N) is 3. The van der Waals surface area contributed by atoms with E-state index in [0.29, 0.717) is 12.2 Å². The van der Waals surface area contributed by atoms with Crippen LogP contribution in [0.5, 0.6) is 0 Å². The van der Waals surface area contributed by atoms with Gasteiger partial charge in [0, 0.05) is 33.4 Å². The molecule has 1 aromatic heterocycles. The van der Waals surface area contributed by atoms with Gasteiger partial charge in [-0.25, -0.2) is 9.97 Å². The van der Waals surface area contributed by atoms with Gasteiger partial charge in [0.2, 0.25) is 5.91 Å². The summed E-state index contributed by atoms with van der Waals surface area (Å²) in [6.07, 6.45) is 0.425. The fourth-order valence-corrected chi connectivity index (χ4v) is 5.01. The van der Waals surface area contributed by atoms with E-state index in [-0.39, 0.29) is 5.91 Å². The van der Waals surface area contributed by atoms with Gasteiger partial charge < -0.3 is 0 Å². The monoisotopic (exact) mass is 393 g/mol. The number of carbonyl (C=O) groups excluding carboxylic acids is 1. The summed E-state index contributed by atoms with van der Waals surface area (Å²) in [5.41, 5.74) is 3.82. The molecule has 1 aliphatic rings. The molecule has 0 atom stereocenters. The van der Waals surface area contributed by atoms with Gasteiger partial charge >= 0.3 is 0 Å². The Morgan fingerprint density at radius 2 is 1.52 bits per heavy atom. The Kier molecular flexibility index (Phi) is 5.18. The third-order valence-electron chi connectivity index (χ3n) is 4.19. The third-order valence-corrected chi connectivity index (χ3v) is 6.17. The molecule has 0 saturated carbocycles. The molecule has 0 radical (unpaired) electrons. The lowest BCUT2D eigenvalue weighted by molar-refractivity contribution is -0.117. The van der Waals surface area contributed by atoms with Crippen molar-refractivity contribution in [2.45, 2.75) is 35.2 Å². The van der Waals surface area contributed by atoms with E-state index in [2.05, 4.69) is 22.1 Å². The van der Waals surface area contributed by atoms with Gasteiger partial charge in [-0.15, -0.1) is 0 Å². The highest BCUT2D eigenvalue weighted by Crippen LogP contribution is 2.48. The standard InChI is InChI=1S/C21H19N3OS2/c1-14-13-15(2)23-21(22-14)26-12-11-20(25)24-16-7-3-5-9-18(16)27-19-10-6-4-8-17(19)24/h3-10,13H,11-12H2,1-2H3. The second kappa shape index (κ2) is 7.74. The first-order chi connectivity index (χ1) is 13.1. The molecule has 6 heteroatoms. The molecule has 136 valence electrons. The number of para-hydroxylation sites is 2. The topological polar surface area (TPSA) is 46.1 Å². The van der Waals surface area contributed by atoms with Gasteiger partial charge in [-0.1, -0.05) is 47.8 Å². The molecule has 0 unspecified atom stereocenters. The molecule has 2 heterocycles. The summed E-state index contributed by atoms with van der Waals surface area (Å²) >= 11 is 3.24. The lowest BCUT2D eigenvalue weighted by Crippen LogP contribution is -2.28. The van der Waals surface area contributed by atoms with E-state index in [1.165, 1.54) is 11.8 Å². The van der Waals surface area contributed by atoms with Crippen LogP contribution in [0, 0.1) is 13.8 Å². The van der Waals surface area contributed by atoms with Gasteiger partial charge in [-0.05, 0) is 44.2 Å². The molecular weight excluding hydrogens is 374 g/mol. The van der Waals surface area contributed by atoms with E-state index in [1.807, 2.05) is 61.2 Å². The molecule has 2 aromatic carbocycles. The molecule has 0 spiro atoms. The second-order valence-electron chi connectivity index (χ2n) is 6.30. The van der Waals surface area contributed by atoms with Gasteiger partial charge in [-0.3, -0.25) is 9.69 Å². The lowest BCUT2D eigenvalue weighted by atomic mass is 10.2. The molecule has 4 nitrogen and oxygen atoms in total. The summed E-state index contributed by atoms with van der Waals surface area (Å²) in [4.78, 5) is 26.1. The maximum Gasteiger partial charge on any atom is 0.232 e. The zero-order valence-electron chi connectivity index (χ0n) is 15.2. The highest BCUT2D eigenvalue weighted by atomic mass is 32.2. The summed E-state index contributed by atoms with van der Waals surface area (Å²) in [6, 6.07) is 18.1. The number of anilines is 2. The molecule has 0 N–H and O–H groups in total. The molecule has 3 aromatic rings. The third kappa shape index (κ3) is 3.87. The van der Waals surface area contributed by atoms with E-state index in [0.717, 1.165) is 37.7 Å². The van der Waals surface area contributed by atoms with Crippen molar-refractivity contribution in [3.05, 3.63) is 66.0 Å². The van der Waals surface area contributed by atoms with Crippen LogP contribution in [0.2, 0.25) is 0 Å². The van der Waals surface area contributed by atoms with Crippen molar-refractivity contribution in [1.29, 1.82) is 0 Å². The molecule has 0 saturated heterocycles. The number of hydrogen-bond acceptors (Lipinski definition) is 5. The smallest absolute Gasteiger partial charge is 0.232 e. The first-order valence-corrected chi connectivity index (χ1v) is 10.6. The van der Waals surface area contributed by atoms with Crippen LogP contribution in [0.4, 0.5) is 11.4 Å². The highest BCUT2D eigenvalue weighted by Gasteiger charge is 2.27. The minimum atomic E-state index is 0.0899. The van der Waals surface area contributed by atoms with Crippen molar-refractivity contribution < 1.29 is 4.79 Å². The van der Waals surface area contributed by atoms with E-state index >= 15 is 0 Å². The van der Waals surface area contributed by atoms with Crippen molar-refractivity contribution in [1.82, 2.24) is 9.97 Å². The molecule has 0 aliphatic carbocycles. The Morgan fingerprint density at radius 1 is 0.963 bits per heavy atom. The molecule has 1 aliphatic heterocycles. The van der Waals surface area contributed by atoms with Crippen LogP contribution < -0.4 is 4.90 Å². The van der Waals surface area contributed by atoms with Crippen LogP contribution in [0.25, 0.3) is 0 Å². The fourth-order valence-electron chi connectivity index (χ4n) is 3.07. The predicted molar refractivity (Wildman–Crippen MR) is 111 cm³/mol. The number of hydrogen-bond donors (Lipinski definition) is 0. The second-order valence-corrected chi connectivity index (χ2v) is 8.44. The Bertz CT molecular complexity index is 940. The maximum atomic E-state index is 13.1. The Balaban J connectivity index is 1.53. The molecule has 0 fully saturated rings. The Labute approximate surface area is 167 Å². The van der Waals surface area contributed by atoms with Crippen LogP contribution in [0.3, 0.4) is 0 Å². The van der Waals surface area contributed by atoms with Crippen molar-refractivity contribution >= 4 is 40.8 Å². The summed E-state index contributed by atoms with van der Waals surface area (Å²) in [5, 5.41) is 0.732. The van der Waals surface area contributed by atoms with E-state index in [4.69, 9.17) is 0 Å². The minimum Gasteiger partial charge on any atom is -0.279 e. The van der Waals surface area contributed by atoms with Gasteiger partial charge in [0.15, 0.2) is 5.16 Å². The van der Waals surface area contributed by atoms with Crippen LogP contribution in [-0.4, -0.2) is 21.6 Å². The van der Waals surface area contributed by atoms with Gasteiger partial charge in [0.25, 0.3) is 0 Å². The molecule has 4 rings (SSSR count). The van der Waals surface area contributed by atoms with Gasteiger partial charge in [0.05, 0.1) is 11.4 Å². The largest absolute Gasteiger partial charge is 0.279 e. The fraction of sp³-hybridized carbons (Fsp3) is 0.190. The van der Waals surface area contributed by atoms with Gasteiger partial charge in [0.1, 0.15) is 0 Å². The van der Waals surface area contributed by atoms with E-state index in [9.17, 15) is 4.79 Å². The van der Waals surface area contributed by atoms with Gasteiger partial charge in [-0.2, -0.15) is 0 Å². The normalized spacial score (nSPS) is 12.4. The van der Waals surface area contributed by atoms with E-state index in [1.54, 1.807) is 11.8 Å². The number of aromatic nitrogens is 2. The lowest BCUT2D eigenvalue weighted by Gasteiger charge is -2.31. The summed E-state index contributed by atoms with van der Waals surface area (Å²) in [7, 11) is 0. The number of fused-ring (bicyclic) bond motifs is 2. The van der Waals surface area contributed by atoms with Crippen LogP contribution in [0.15, 0.2) is 69.5 Å². The average molecular weight is 394 g/mol. The molecule has 1 amide bonds. The van der Waals surface area contributed by atoms with Crippen molar-refractivity contribution in [2.75, 3.05) is 10.7 Å². The first-order valence-electron chi connectivity index (χ1n) is 8.76. The minimum absolute atomic E-state index is 0.0899. The quantitative estimate of drug-likeness (QED) is 0.438. The maximum absolute atomic E-state index is 13.1. The van der Waals surface area contributed by atoms with Crippen molar-refractivity contribution in [3.63, 3.8) is 0 Å². The van der Waals surface area contributed by atoms with Crippen LogP contribution in [0.1, 0.15) is 17.8 Å². The van der Waals surface area contributed by atoms with E-state index < -0.39 is 0 Å². The number of benzene rings is 2. The summed E-state index contributed by atoms with van der Waals surface area (Å²) < 4.78 is 0. The zero-order valence-corrected chi connectivity index (χ0v) is 16.8. The number of carbonyl (C=O) groups is 1. The number of aryl methyl sites for hydroxylation is 2. The molecular formula is C21H19N3OS2. The van der Waals surface area contributed by atoms with Crippen LogP contribution in [-0.2, 0) is 4.79 Å². The molecule has 0 bridgehead atoms. The average Bonchev–Trinajstić information content (AvgIpc) is 2.65. The summed E-state index contributed by atoms with van der Waals surface area (Å²) in [5.74, 6) is 0.738. The predicted octanol–water partition coefficient (Wildman–Crippen LogP) is 5.41. The number of thioether (sulfide) groups is 1. The Hall–Kier alpha value is -2.31. The van der Waals surface area contributed by atoms with Crippen molar-refractivity contribution in [3.8, 4) is 0 Å². The van der Waals surface area contributed by atoms with Crippen LogP contribution >= 0.6 is 23.5 Å². The number of rotatable bonds is 4. The molecule has 27 heavy (non-hydrogen) atoms. The summed E-state index contributed by atoms with van der Waals surface area (Å²) in [6.45, 7) is 3.92. The SMILES string of the molecule is Cc1cc(C)nc(SCCC(=O)N2c3ccccc3Sc3ccccc32)n1. The zero-order chi connectivity index (χ0) is 18.8.